The van der Waals surface area contributed by atoms with Gasteiger partial charge in [0.15, 0.2) is 0 Å². The second-order valence-electron chi connectivity index (χ2n) is 9.39. The molecule has 1 aliphatic rings. The van der Waals surface area contributed by atoms with Crippen molar-refractivity contribution in [1.29, 1.82) is 0 Å². The fourth-order valence-electron chi connectivity index (χ4n) is 5.16. The Bertz CT molecular complexity index is 1380. The summed E-state index contributed by atoms with van der Waals surface area (Å²) in [4.78, 5) is 16.3. The molecule has 1 aliphatic heterocycles. The smallest absolute Gasteiger partial charge is 0.227 e. The Morgan fingerprint density at radius 1 is 0.730 bits per heavy atom. The van der Waals surface area contributed by atoms with E-state index >= 15 is 0 Å². The molecule has 37 heavy (non-hydrogen) atoms. The molecule has 0 spiro atoms. The van der Waals surface area contributed by atoms with Gasteiger partial charge >= 0.3 is 0 Å². The van der Waals surface area contributed by atoms with E-state index in [4.69, 9.17) is 9.97 Å². The van der Waals surface area contributed by atoms with Crippen LogP contribution < -0.4 is 10.2 Å². The molecule has 5 aromatic rings. The molecule has 3 heterocycles. The van der Waals surface area contributed by atoms with E-state index in [0.29, 0.717) is 0 Å². The minimum Gasteiger partial charge on any atom is -0.369 e. The van der Waals surface area contributed by atoms with E-state index < -0.39 is 0 Å². The third-order valence-electron chi connectivity index (χ3n) is 7.03. The van der Waals surface area contributed by atoms with Gasteiger partial charge in [-0.2, -0.15) is 4.98 Å². The van der Waals surface area contributed by atoms with Crippen molar-refractivity contribution < 1.29 is 0 Å². The molecule has 1 saturated heterocycles. The van der Waals surface area contributed by atoms with Gasteiger partial charge in [-0.15, -0.1) is 11.3 Å². The van der Waals surface area contributed by atoms with Crippen molar-refractivity contribution in [3.63, 3.8) is 0 Å². The predicted octanol–water partition coefficient (Wildman–Crippen LogP) is 6.26. The van der Waals surface area contributed by atoms with Crippen molar-refractivity contribution >= 4 is 34.0 Å². The highest BCUT2D eigenvalue weighted by atomic mass is 32.1. The van der Waals surface area contributed by atoms with Gasteiger partial charge in [-0.05, 0) is 41.1 Å². The summed E-state index contributed by atoms with van der Waals surface area (Å²) in [7, 11) is 0. The van der Waals surface area contributed by atoms with E-state index in [1.54, 1.807) is 11.3 Å². The molecule has 0 unspecified atom stereocenters. The molecule has 2 aromatic heterocycles. The SMILES string of the molecule is c1ccc(C(c2ccccc2)N2CCN(c3nc(NCCc4cccs4)c4ccccc4n3)CC2)cc1. The summed E-state index contributed by atoms with van der Waals surface area (Å²) in [5.41, 5.74) is 3.66. The van der Waals surface area contributed by atoms with Crippen molar-refractivity contribution in [3.8, 4) is 0 Å². The topological polar surface area (TPSA) is 44.3 Å². The molecule has 0 bridgehead atoms. The van der Waals surface area contributed by atoms with Crippen molar-refractivity contribution in [2.75, 3.05) is 42.9 Å². The molecule has 1 N–H and O–H groups in total. The highest BCUT2D eigenvalue weighted by Crippen LogP contribution is 2.31. The number of rotatable bonds is 8. The molecule has 186 valence electrons. The van der Waals surface area contributed by atoms with Crippen LogP contribution in [0.15, 0.2) is 102 Å². The van der Waals surface area contributed by atoms with Gasteiger partial charge in [0.2, 0.25) is 5.95 Å². The van der Waals surface area contributed by atoms with Crippen LogP contribution in [0.5, 0.6) is 0 Å². The maximum atomic E-state index is 5.02. The zero-order valence-corrected chi connectivity index (χ0v) is 21.6. The lowest BCUT2D eigenvalue weighted by atomic mass is 9.96. The zero-order valence-electron chi connectivity index (χ0n) is 20.8. The van der Waals surface area contributed by atoms with Crippen LogP contribution in [0.4, 0.5) is 11.8 Å². The molecule has 0 amide bonds. The van der Waals surface area contributed by atoms with E-state index in [2.05, 4.69) is 118 Å². The minimum atomic E-state index is 0.247. The first kappa shape index (κ1) is 23.6. The minimum absolute atomic E-state index is 0.247. The van der Waals surface area contributed by atoms with Crippen LogP contribution in [0.3, 0.4) is 0 Å². The average molecular weight is 506 g/mol. The lowest BCUT2D eigenvalue weighted by Crippen LogP contribution is -2.48. The second-order valence-corrected chi connectivity index (χ2v) is 10.4. The number of anilines is 2. The number of nitrogens with one attached hydrogen (secondary N) is 1. The standard InChI is InChI=1S/C31H31N5S/c1-3-10-24(11-4-1)29(25-12-5-2-6-13-25)35-19-21-36(22-20-35)31-33-28-16-8-7-15-27(28)30(34-31)32-18-17-26-14-9-23-37-26/h1-16,23,29H,17-22H2,(H,32,33,34). The number of benzene rings is 3. The number of aromatic nitrogens is 2. The third-order valence-corrected chi connectivity index (χ3v) is 7.96. The van der Waals surface area contributed by atoms with Gasteiger partial charge in [-0.3, -0.25) is 4.90 Å². The van der Waals surface area contributed by atoms with E-state index in [-0.39, 0.29) is 6.04 Å². The van der Waals surface area contributed by atoms with Gasteiger partial charge < -0.3 is 10.2 Å². The Labute approximate surface area is 222 Å². The molecule has 6 heteroatoms. The summed E-state index contributed by atoms with van der Waals surface area (Å²) in [6.45, 7) is 4.54. The van der Waals surface area contributed by atoms with Crippen LogP contribution in [0.25, 0.3) is 10.9 Å². The lowest BCUT2D eigenvalue weighted by Gasteiger charge is -2.40. The van der Waals surface area contributed by atoms with Crippen molar-refractivity contribution in [2.45, 2.75) is 12.5 Å². The number of para-hydroxylation sites is 1. The van der Waals surface area contributed by atoms with Crippen LogP contribution in [0.2, 0.25) is 0 Å². The quantitative estimate of drug-likeness (QED) is 0.270. The molecular weight excluding hydrogens is 474 g/mol. The molecule has 3 aromatic carbocycles. The van der Waals surface area contributed by atoms with E-state index in [1.165, 1.54) is 16.0 Å². The number of hydrogen-bond acceptors (Lipinski definition) is 6. The fourth-order valence-corrected chi connectivity index (χ4v) is 5.87. The largest absolute Gasteiger partial charge is 0.369 e. The number of nitrogens with zero attached hydrogens (tertiary/aromatic N) is 4. The van der Waals surface area contributed by atoms with Crippen LogP contribution in [0, 0.1) is 0 Å². The van der Waals surface area contributed by atoms with Crippen LogP contribution >= 0.6 is 11.3 Å². The lowest BCUT2D eigenvalue weighted by molar-refractivity contribution is 0.211. The predicted molar refractivity (Wildman–Crippen MR) is 155 cm³/mol. The summed E-state index contributed by atoms with van der Waals surface area (Å²) < 4.78 is 0. The molecule has 1 fully saturated rings. The Balaban J connectivity index is 1.21. The summed E-state index contributed by atoms with van der Waals surface area (Å²) in [6.07, 6.45) is 0.990. The maximum Gasteiger partial charge on any atom is 0.227 e. The van der Waals surface area contributed by atoms with Crippen molar-refractivity contribution in [2.24, 2.45) is 0 Å². The number of hydrogen-bond donors (Lipinski definition) is 1. The molecule has 0 atom stereocenters. The first-order valence-electron chi connectivity index (χ1n) is 13.0. The van der Waals surface area contributed by atoms with Crippen LogP contribution in [0.1, 0.15) is 22.0 Å². The fraction of sp³-hybridized carbons (Fsp3) is 0.226. The Morgan fingerprint density at radius 3 is 2.08 bits per heavy atom. The van der Waals surface area contributed by atoms with Gasteiger partial charge in [0.05, 0.1) is 11.6 Å². The molecular formula is C31H31N5S. The van der Waals surface area contributed by atoms with Gasteiger partial charge in [0.25, 0.3) is 0 Å². The van der Waals surface area contributed by atoms with E-state index in [1.807, 2.05) is 0 Å². The van der Waals surface area contributed by atoms with Crippen molar-refractivity contribution in [1.82, 2.24) is 14.9 Å². The summed E-state index contributed by atoms with van der Waals surface area (Å²) >= 11 is 1.80. The Morgan fingerprint density at radius 2 is 1.41 bits per heavy atom. The monoisotopic (exact) mass is 505 g/mol. The zero-order chi connectivity index (χ0) is 24.9. The first-order valence-corrected chi connectivity index (χ1v) is 13.8. The van der Waals surface area contributed by atoms with Crippen molar-refractivity contribution in [3.05, 3.63) is 118 Å². The summed E-state index contributed by atoms with van der Waals surface area (Å²) in [5.74, 6) is 1.74. The molecule has 0 saturated carbocycles. The Hall–Kier alpha value is -3.74. The van der Waals surface area contributed by atoms with Gasteiger partial charge in [-0.1, -0.05) is 78.9 Å². The first-order chi connectivity index (χ1) is 18.3. The highest BCUT2D eigenvalue weighted by molar-refractivity contribution is 7.09. The van der Waals surface area contributed by atoms with E-state index in [9.17, 15) is 0 Å². The molecule has 0 radical (unpaired) electrons. The maximum absolute atomic E-state index is 5.02. The molecule has 0 aliphatic carbocycles. The normalized spacial score (nSPS) is 14.4. The highest BCUT2D eigenvalue weighted by Gasteiger charge is 2.27. The average Bonchev–Trinajstić information content (AvgIpc) is 3.48. The van der Waals surface area contributed by atoms with Crippen LogP contribution in [-0.2, 0) is 6.42 Å². The number of thiophene rings is 1. The third kappa shape index (κ3) is 5.36. The summed E-state index contributed by atoms with van der Waals surface area (Å²) in [5, 5.41) is 6.80. The van der Waals surface area contributed by atoms with Gasteiger partial charge in [0, 0.05) is 43.0 Å². The van der Waals surface area contributed by atoms with Crippen LogP contribution in [-0.4, -0.2) is 47.6 Å². The van der Waals surface area contributed by atoms with E-state index in [0.717, 1.165) is 61.8 Å². The van der Waals surface area contributed by atoms with Gasteiger partial charge in [0.1, 0.15) is 5.82 Å². The molecule has 6 rings (SSSR count). The van der Waals surface area contributed by atoms with Gasteiger partial charge in [-0.25, -0.2) is 4.98 Å². The summed E-state index contributed by atoms with van der Waals surface area (Å²) in [6, 6.07) is 34.5. The Kier molecular flexibility index (Phi) is 7.10. The number of fused-ring (bicyclic) bond motifs is 1. The molecule has 5 nitrogen and oxygen atoms in total. The number of piperazine rings is 1. The second kappa shape index (κ2) is 11.1.